The summed E-state index contributed by atoms with van der Waals surface area (Å²) in [5.41, 5.74) is 2.73. The Morgan fingerprint density at radius 3 is 2.17 bits per heavy atom. The van der Waals surface area contributed by atoms with Gasteiger partial charge in [-0.2, -0.15) is 4.31 Å². The number of hydrogen-bond donors (Lipinski definition) is 1. The van der Waals surface area contributed by atoms with Crippen LogP contribution in [0.3, 0.4) is 0 Å². The van der Waals surface area contributed by atoms with Crippen LogP contribution >= 0.6 is 0 Å². The van der Waals surface area contributed by atoms with Gasteiger partial charge in [0.25, 0.3) is 0 Å². The van der Waals surface area contributed by atoms with Crippen LogP contribution in [0.5, 0.6) is 0 Å². The number of rotatable bonds is 5. The Morgan fingerprint density at radius 1 is 1.00 bits per heavy atom. The first-order valence-corrected chi connectivity index (χ1v) is 11.4. The van der Waals surface area contributed by atoms with Crippen molar-refractivity contribution < 1.29 is 17.9 Å². The summed E-state index contributed by atoms with van der Waals surface area (Å²) in [6.45, 7) is 7.96. The minimum absolute atomic E-state index is 0.0594. The van der Waals surface area contributed by atoms with E-state index in [-0.39, 0.29) is 16.2 Å². The van der Waals surface area contributed by atoms with Crippen LogP contribution in [-0.4, -0.2) is 44.9 Å². The van der Waals surface area contributed by atoms with E-state index in [0.29, 0.717) is 26.3 Å². The molecule has 0 radical (unpaired) electrons. The van der Waals surface area contributed by atoms with Gasteiger partial charge in [0.2, 0.25) is 15.9 Å². The maximum Gasteiger partial charge on any atom is 0.248 e. The SMILES string of the molecule is CC(C)(C)c1ccc(NC(=O)/C=C/c2ccc(S(=O)(=O)N3CCOCC3)cc2)cc1. The molecule has 2 aromatic carbocycles. The van der Waals surface area contributed by atoms with Crippen LogP contribution < -0.4 is 5.32 Å². The average Bonchev–Trinajstić information content (AvgIpc) is 2.73. The number of carbonyl (C=O) groups excluding carboxylic acids is 1. The highest BCUT2D eigenvalue weighted by molar-refractivity contribution is 7.89. The van der Waals surface area contributed by atoms with E-state index in [9.17, 15) is 13.2 Å². The quantitative estimate of drug-likeness (QED) is 0.738. The van der Waals surface area contributed by atoms with Crippen molar-refractivity contribution in [3.05, 3.63) is 65.7 Å². The maximum atomic E-state index is 12.6. The molecule has 0 aliphatic carbocycles. The zero-order valence-electron chi connectivity index (χ0n) is 17.6. The van der Waals surface area contributed by atoms with Crippen LogP contribution in [0.1, 0.15) is 31.9 Å². The molecule has 0 unspecified atom stereocenters. The lowest BCUT2D eigenvalue weighted by atomic mass is 9.87. The summed E-state index contributed by atoms with van der Waals surface area (Å²) in [6.07, 6.45) is 3.09. The van der Waals surface area contributed by atoms with E-state index >= 15 is 0 Å². The molecular formula is C23H28N2O4S. The highest BCUT2D eigenvalue weighted by Crippen LogP contribution is 2.23. The molecule has 1 N–H and O–H groups in total. The monoisotopic (exact) mass is 428 g/mol. The zero-order chi connectivity index (χ0) is 21.8. The molecule has 30 heavy (non-hydrogen) atoms. The molecular weight excluding hydrogens is 400 g/mol. The van der Waals surface area contributed by atoms with Crippen molar-refractivity contribution in [2.45, 2.75) is 31.1 Å². The molecule has 7 heteroatoms. The van der Waals surface area contributed by atoms with Gasteiger partial charge in [-0.25, -0.2) is 8.42 Å². The van der Waals surface area contributed by atoms with Crippen LogP contribution in [0.15, 0.2) is 59.5 Å². The minimum Gasteiger partial charge on any atom is -0.379 e. The van der Waals surface area contributed by atoms with E-state index in [1.54, 1.807) is 30.3 Å². The molecule has 3 rings (SSSR count). The van der Waals surface area contributed by atoms with E-state index in [2.05, 4.69) is 26.1 Å². The molecule has 0 aromatic heterocycles. The van der Waals surface area contributed by atoms with Gasteiger partial charge in [-0.15, -0.1) is 0 Å². The topological polar surface area (TPSA) is 75.7 Å². The number of morpholine rings is 1. The Morgan fingerprint density at radius 2 is 1.60 bits per heavy atom. The lowest BCUT2D eigenvalue weighted by molar-refractivity contribution is -0.111. The first-order chi connectivity index (χ1) is 14.2. The molecule has 0 atom stereocenters. The average molecular weight is 429 g/mol. The third-order valence-electron chi connectivity index (χ3n) is 4.93. The van der Waals surface area contributed by atoms with Gasteiger partial charge in [0.15, 0.2) is 0 Å². The number of carbonyl (C=O) groups is 1. The standard InChI is InChI=1S/C23H28N2O4S/c1-23(2,3)19-7-9-20(10-8-19)24-22(26)13-6-18-4-11-21(12-5-18)30(27,28)25-14-16-29-17-15-25/h4-13H,14-17H2,1-3H3,(H,24,26)/b13-6+. The number of nitrogens with one attached hydrogen (secondary N) is 1. The number of ether oxygens (including phenoxy) is 1. The summed E-state index contributed by atoms with van der Waals surface area (Å²) in [5, 5.41) is 2.83. The summed E-state index contributed by atoms with van der Waals surface area (Å²) >= 11 is 0. The highest BCUT2D eigenvalue weighted by Gasteiger charge is 2.25. The Labute approximate surface area is 178 Å². The maximum absolute atomic E-state index is 12.6. The summed E-state index contributed by atoms with van der Waals surface area (Å²) in [6, 6.07) is 14.3. The smallest absolute Gasteiger partial charge is 0.248 e. The van der Waals surface area contributed by atoms with E-state index in [4.69, 9.17) is 4.74 Å². The summed E-state index contributed by atoms with van der Waals surface area (Å²) in [7, 11) is -3.51. The van der Waals surface area contributed by atoms with Gasteiger partial charge in [-0.05, 0) is 46.9 Å². The molecule has 1 amide bonds. The Balaban J connectivity index is 1.61. The third-order valence-corrected chi connectivity index (χ3v) is 6.85. The van der Waals surface area contributed by atoms with Crippen LogP contribution in [0.4, 0.5) is 5.69 Å². The molecule has 1 heterocycles. The molecule has 0 spiro atoms. The van der Waals surface area contributed by atoms with E-state index < -0.39 is 10.0 Å². The predicted molar refractivity (Wildman–Crippen MR) is 119 cm³/mol. The Kier molecular flexibility index (Phi) is 6.75. The fourth-order valence-corrected chi connectivity index (χ4v) is 4.50. The number of benzene rings is 2. The molecule has 160 valence electrons. The number of amides is 1. The van der Waals surface area contributed by atoms with E-state index in [0.717, 1.165) is 11.3 Å². The van der Waals surface area contributed by atoms with Gasteiger partial charge in [0.05, 0.1) is 18.1 Å². The van der Waals surface area contributed by atoms with Gasteiger partial charge in [0.1, 0.15) is 0 Å². The molecule has 6 nitrogen and oxygen atoms in total. The fraction of sp³-hybridized carbons (Fsp3) is 0.348. The normalized spacial score (nSPS) is 16.0. The molecule has 1 fully saturated rings. The molecule has 1 aliphatic heterocycles. The molecule has 0 bridgehead atoms. The molecule has 1 saturated heterocycles. The lowest BCUT2D eigenvalue weighted by Gasteiger charge is -2.26. The van der Waals surface area contributed by atoms with E-state index in [1.165, 1.54) is 15.9 Å². The van der Waals surface area contributed by atoms with Crippen molar-refractivity contribution in [1.29, 1.82) is 0 Å². The second-order valence-corrected chi connectivity index (χ2v) is 10.2. The van der Waals surface area contributed by atoms with Crippen LogP contribution in [0.25, 0.3) is 6.08 Å². The van der Waals surface area contributed by atoms with Crippen molar-refractivity contribution >= 4 is 27.7 Å². The second kappa shape index (κ2) is 9.12. The zero-order valence-corrected chi connectivity index (χ0v) is 18.4. The Bertz CT molecular complexity index is 999. The highest BCUT2D eigenvalue weighted by atomic mass is 32.2. The fourth-order valence-electron chi connectivity index (χ4n) is 3.10. The van der Waals surface area contributed by atoms with Crippen LogP contribution in [0.2, 0.25) is 0 Å². The summed E-state index contributed by atoms with van der Waals surface area (Å²) in [5.74, 6) is -0.247. The number of hydrogen-bond acceptors (Lipinski definition) is 4. The van der Waals surface area contributed by atoms with Crippen LogP contribution in [0, 0.1) is 0 Å². The van der Waals surface area contributed by atoms with Crippen LogP contribution in [-0.2, 0) is 25.0 Å². The first-order valence-electron chi connectivity index (χ1n) is 9.94. The van der Waals surface area contributed by atoms with Crippen molar-refractivity contribution in [3.63, 3.8) is 0 Å². The lowest BCUT2D eigenvalue weighted by Crippen LogP contribution is -2.40. The number of sulfonamides is 1. The number of nitrogens with zero attached hydrogens (tertiary/aromatic N) is 1. The largest absolute Gasteiger partial charge is 0.379 e. The van der Waals surface area contributed by atoms with Gasteiger partial charge < -0.3 is 10.1 Å². The number of anilines is 1. The second-order valence-electron chi connectivity index (χ2n) is 8.24. The van der Waals surface area contributed by atoms with Gasteiger partial charge in [-0.3, -0.25) is 4.79 Å². The molecule has 2 aromatic rings. The first kappa shape index (κ1) is 22.2. The minimum atomic E-state index is -3.51. The molecule has 1 aliphatic rings. The van der Waals surface area contributed by atoms with Crippen molar-refractivity contribution in [3.8, 4) is 0 Å². The van der Waals surface area contributed by atoms with E-state index in [1.807, 2.05) is 24.3 Å². The van der Waals surface area contributed by atoms with Gasteiger partial charge in [-0.1, -0.05) is 45.0 Å². The van der Waals surface area contributed by atoms with Gasteiger partial charge in [0, 0.05) is 24.9 Å². The predicted octanol–water partition coefficient (Wildman–Crippen LogP) is 3.66. The summed E-state index contributed by atoms with van der Waals surface area (Å²) in [4.78, 5) is 12.4. The van der Waals surface area contributed by atoms with Crippen molar-refractivity contribution in [2.75, 3.05) is 31.6 Å². The summed E-state index contributed by atoms with van der Waals surface area (Å²) < 4.78 is 31.9. The molecule has 0 saturated carbocycles. The third kappa shape index (κ3) is 5.56. The van der Waals surface area contributed by atoms with Crippen molar-refractivity contribution in [1.82, 2.24) is 4.31 Å². The Hall–Kier alpha value is -2.48. The van der Waals surface area contributed by atoms with Gasteiger partial charge >= 0.3 is 0 Å². The van der Waals surface area contributed by atoms with Crippen molar-refractivity contribution in [2.24, 2.45) is 0 Å².